The van der Waals surface area contributed by atoms with E-state index in [1.807, 2.05) is 0 Å². The number of nitrogens with two attached hydrogens (primary N) is 1. The first kappa shape index (κ1) is 13.5. The first-order valence-electron chi connectivity index (χ1n) is 6.77. The second-order valence-corrected chi connectivity index (χ2v) is 5.12. The highest BCUT2D eigenvalue weighted by molar-refractivity contribution is 5.25. The van der Waals surface area contributed by atoms with Crippen LogP contribution < -0.4 is 5.73 Å². The highest BCUT2D eigenvalue weighted by atomic mass is 16.5. The summed E-state index contributed by atoms with van der Waals surface area (Å²) >= 11 is 0. The number of nitrogens with zero attached hydrogens (tertiary/aromatic N) is 1. The van der Waals surface area contributed by atoms with Crippen LogP contribution in [0.5, 0.6) is 0 Å². The topological polar surface area (TPSA) is 38.5 Å². The van der Waals surface area contributed by atoms with E-state index >= 15 is 0 Å². The average molecular weight is 248 g/mol. The minimum atomic E-state index is 0.327. The van der Waals surface area contributed by atoms with Crippen LogP contribution >= 0.6 is 0 Å². The first-order chi connectivity index (χ1) is 8.76. The van der Waals surface area contributed by atoms with E-state index in [2.05, 4.69) is 36.1 Å². The quantitative estimate of drug-likeness (QED) is 0.803. The molecular formula is C15H24N2O. The van der Waals surface area contributed by atoms with Gasteiger partial charge in [0.15, 0.2) is 0 Å². The van der Waals surface area contributed by atoms with Gasteiger partial charge in [-0.3, -0.25) is 4.90 Å². The lowest BCUT2D eigenvalue weighted by Gasteiger charge is -2.31. The smallest absolute Gasteiger partial charge is 0.0590 e. The van der Waals surface area contributed by atoms with Gasteiger partial charge >= 0.3 is 0 Å². The number of hydrogen-bond donors (Lipinski definition) is 1. The maximum absolute atomic E-state index is 6.00. The van der Waals surface area contributed by atoms with E-state index in [1.165, 1.54) is 24.0 Å². The fourth-order valence-corrected chi connectivity index (χ4v) is 2.45. The Morgan fingerprint density at radius 2 is 2.00 bits per heavy atom. The van der Waals surface area contributed by atoms with Crippen LogP contribution in [0.2, 0.25) is 0 Å². The molecule has 0 bridgehead atoms. The average Bonchev–Trinajstić information content (AvgIpc) is 3.20. The standard InChI is InChI=1S/C15H24N2O/c1-12-3-5-13(6-4-12)15(11-16)17(9-10-18-2)14-7-8-14/h3-6,14-15H,7-11,16H2,1-2H3. The summed E-state index contributed by atoms with van der Waals surface area (Å²) in [7, 11) is 1.76. The van der Waals surface area contributed by atoms with Gasteiger partial charge in [-0.1, -0.05) is 29.8 Å². The van der Waals surface area contributed by atoms with E-state index < -0.39 is 0 Å². The number of benzene rings is 1. The van der Waals surface area contributed by atoms with Crippen LogP contribution in [-0.2, 0) is 4.74 Å². The monoisotopic (exact) mass is 248 g/mol. The van der Waals surface area contributed by atoms with Crippen LogP contribution in [0.3, 0.4) is 0 Å². The number of methoxy groups -OCH3 is 1. The molecular weight excluding hydrogens is 224 g/mol. The van der Waals surface area contributed by atoms with Crippen LogP contribution in [0.4, 0.5) is 0 Å². The van der Waals surface area contributed by atoms with Crippen molar-refractivity contribution in [3.8, 4) is 0 Å². The highest BCUT2D eigenvalue weighted by Gasteiger charge is 2.33. The molecule has 1 unspecified atom stereocenters. The highest BCUT2D eigenvalue weighted by Crippen LogP contribution is 2.33. The zero-order chi connectivity index (χ0) is 13.0. The Bertz CT molecular complexity index is 359. The van der Waals surface area contributed by atoms with E-state index in [-0.39, 0.29) is 0 Å². The van der Waals surface area contributed by atoms with Crippen LogP contribution in [-0.4, -0.2) is 37.7 Å². The lowest BCUT2D eigenvalue weighted by Crippen LogP contribution is -2.37. The van der Waals surface area contributed by atoms with E-state index in [4.69, 9.17) is 10.5 Å². The first-order valence-corrected chi connectivity index (χ1v) is 6.77. The third-order valence-corrected chi connectivity index (χ3v) is 3.66. The lowest BCUT2D eigenvalue weighted by atomic mass is 10.0. The van der Waals surface area contributed by atoms with Gasteiger partial charge < -0.3 is 10.5 Å². The van der Waals surface area contributed by atoms with Crippen molar-refractivity contribution in [1.82, 2.24) is 4.90 Å². The molecule has 3 heteroatoms. The van der Waals surface area contributed by atoms with Crippen molar-refractivity contribution in [2.45, 2.75) is 31.8 Å². The number of hydrogen-bond acceptors (Lipinski definition) is 3. The van der Waals surface area contributed by atoms with Gasteiger partial charge in [0.2, 0.25) is 0 Å². The summed E-state index contributed by atoms with van der Waals surface area (Å²) < 4.78 is 5.22. The molecule has 0 aliphatic heterocycles. The molecule has 18 heavy (non-hydrogen) atoms. The molecule has 1 aromatic carbocycles. The Morgan fingerprint density at radius 1 is 1.33 bits per heavy atom. The molecule has 0 radical (unpaired) electrons. The molecule has 0 aromatic heterocycles. The molecule has 1 fully saturated rings. The van der Waals surface area contributed by atoms with Crippen LogP contribution in [0.1, 0.15) is 30.0 Å². The Morgan fingerprint density at radius 3 is 2.50 bits per heavy atom. The number of ether oxygens (including phenoxy) is 1. The maximum Gasteiger partial charge on any atom is 0.0590 e. The molecule has 0 saturated heterocycles. The van der Waals surface area contributed by atoms with E-state index in [9.17, 15) is 0 Å². The second kappa shape index (κ2) is 6.32. The minimum absolute atomic E-state index is 0.327. The SMILES string of the molecule is COCCN(C1CC1)C(CN)c1ccc(C)cc1. The Hall–Kier alpha value is -0.900. The van der Waals surface area contributed by atoms with E-state index in [0.29, 0.717) is 18.6 Å². The van der Waals surface area contributed by atoms with Gasteiger partial charge in [0.1, 0.15) is 0 Å². The van der Waals surface area contributed by atoms with Crippen molar-refractivity contribution in [3.63, 3.8) is 0 Å². The van der Waals surface area contributed by atoms with Gasteiger partial charge in [-0.15, -0.1) is 0 Å². The van der Waals surface area contributed by atoms with Gasteiger partial charge in [0, 0.05) is 32.3 Å². The summed E-state index contributed by atoms with van der Waals surface area (Å²) in [5, 5.41) is 0. The Kier molecular flexibility index (Phi) is 4.75. The molecule has 3 nitrogen and oxygen atoms in total. The molecule has 0 spiro atoms. The lowest BCUT2D eigenvalue weighted by molar-refractivity contribution is 0.115. The van der Waals surface area contributed by atoms with Crippen molar-refractivity contribution >= 4 is 0 Å². The number of rotatable bonds is 7. The second-order valence-electron chi connectivity index (χ2n) is 5.12. The zero-order valence-electron chi connectivity index (χ0n) is 11.4. The summed E-state index contributed by atoms with van der Waals surface area (Å²) in [6.45, 7) is 4.53. The van der Waals surface area contributed by atoms with Gasteiger partial charge in [-0.2, -0.15) is 0 Å². The summed E-state index contributed by atoms with van der Waals surface area (Å²) in [6, 6.07) is 9.77. The molecule has 100 valence electrons. The van der Waals surface area contributed by atoms with Crippen molar-refractivity contribution in [1.29, 1.82) is 0 Å². The van der Waals surface area contributed by atoms with Crippen LogP contribution in [0, 0.1) is 6.92 Å². The molecule has 1 aliphatic carbocycles. The van der Waals surface area contributed by atoms with Crippen LogP contribution in [0.25, 0.3) is 0 Å². The zero-order valence-corrected chi connectivity index (χ0v) is 11.4. The predicted octanol–water partition coefficient (Wildman–Crippen LogP) is 2.11. The molecule has 1 saturated carbocycles. The van der Waals surface area contributed by atoms with Gasteiger partial charge in [0.25, 0.3) is 0 Å². The fraction of sp³-hybridized carbons (Fsp3) is 0.600. The van der Waals surface area contributed by atoms with Gasteiger partial charge in [-0.05, 0) is 25.3 Å². The van der Waals surface area contributed by atoms with Crippen molar-refractivity contribution < 1.29 is 4.74 Å². The molecule has 2 rings (SSSR count). The summed E-state index contributed by atoms with van der Waals surface area (Å²) in [4.78, 5) is 2.51. The third kappa shape index (κ3) is 3.31. The minimum Gasteiger partial charge on any atom is -0.383 e. The van der Waals surface area contributed by atoms with Crippen molar-refractivity contribution in [3.05, 3.63) is 35.4 Å². The van der Waals surface area contributed by atoms with Gasteiger partial charge in [0.05, 0.1) is 6.61 Å². The Labute approximate surface area is 110 Å². The van der Waals surface area contributed by atoms with Crippen LogP contribution in [0.15, 0.2) is 24.3 Å². The largest absolute Gasteiger partial charge is 0.383 e. The molecule has 1 atom stereocenters. The predicted molar refractivity (Wildman–Crippen MR) is 74.6 cm³/mol. The normalized spacial score (nSPS) is 17.1. The molecule has 0 amide bonds. The van der Waals surface area contributed by atoms with Gasteiger partial charge in [-0.25, -0.2) is 0 Å². The maximum atomic E-state index is 6.00. The van der Waals surface area contributed by atoms with Crippen molar-refractivity contribution in [2.75, 3.05) is 26.8 Å². The molecule has 1 aromatic rings. The molecule has 1 aliphatic rings. The summed E-state index contributed by atoms with van der Waals surface area (Å²) in [6.07, 6.45) is 2.60. The molecule has 2 N–H and O–H groups in total. The molecule has 0 heterocycles. The third-order valence-electron chi connectivity index (χ3n) is 3.66. The Balaban J connectivity index is 2.11. The van der Waals surface area contributed by atoms with E-state index in [0.717, 1.165) is 13.2 Å². The van der Waals surface area contributed by atoms with Crippen molar-refractivity contribution in [2.24, 2.45) is 5.73 Å². The fourth-order valence-electron chi connectivity index (χ4n) is 2.45. The number of aryl methyl sites for hydroxylation is 1. The summed E-state index contributed by atoms with van der Waals surface area (Å²) in [5.74, 6) is 0. The van der Waals surface area contributed by atoms with E-state index in [1.54, 1.807) is 7.11 Å². The summed E-state index contributed by atoms with van der Waals surface area (Å²) in [5.41, 5.74) is 8.62.